The molecule has 0 saturated heterocycles. The first-order chi connectivity index (χ1) is 12.0. The second-order valence-corrected chi connectivity index (χ2v) is 7.03. The maximum absolute atomic E-state index is 12.1. The number of benzene rings is 1. The molecule has 0 aliphatic heterocycles. The number of halogens is 3. The molecule has 142 valence electrons. The molecule has 0 spiro atoms. The van der Waals surface area contributed by atoms with Gasteiger partial charge in [-0.15, -0.1) is 13.2 Å². The summed E-state index contributed by atoms with van der Waals surface area (Å²) >= 11 is 0. The van der Waals surface area contributed by atoms with Crippen LogP contribution >= 0.6 is 0 Å². The summed E-state index contributed by atoms with van der Waals surface area (Å²) in [6.45, 7) is -0.204. The summed E-state index contributed by atoms with van der Waals surface area (Å²) in [5, 5.41) is 0. The fourth-order valence-electron chi connectivity index (χ4n) is 2.01. The number of ether oxygens (including phenoxy) is 2. The van der Waals surface area contributed by atoms with Crippen LogP contribution in [0.15, 0.2) is 41.4 Å². The Balaban J connectivity index is 2.03. The zero-order chi connectivity index (χ0) is 19.5. The molecule has 1 aromatic carbocycles. The van der Waals surface area contributed by atoms with Gasteiger partial charge < -0.3 is 14.0 Å². The van der Waals surface area contributed by atoms with Crippen LogP contribution in [0.3, 0.4) is 0 Å². The van der Waals surface area contributed by atoms with Crippen LogP contribution in [0.5, 0.6) is 5.75 Å². The summed E-state index contributed by atoms with van der Waals surface area (Å²) < 4.78 is 72.0. The Bertz CT molecular complexity index is 889. The lowest BCUT2D eigenvalue weighted by atomic mass is 10.2. The molecule has 2 aromatic rings. The van der Waals surface area contributed by atoms with Crippen molar-refractivity contribution < 1.29 is 35.9 Å². The zero-order valence-electron chi connectivity index (χ0n) is 13.7. The molecule has 0 radical (unpaired) electrons. The van der Waals surface area contributed by atoms with Crippen molar-refractivity contribution in [2.24, 2.45) is 7.05 Å². The van der Waals surface area contributed by atoms with Crippen molar-refractivity contribution in [1.29, 1.82) is 0 Å². The fourth-order valence-corrected chi connectivity index (χ4v) is 2.81. The molecule has 1 heterocycles. The molecule has 0 aliphatic carbocycles. The second-order valence-electron chi connectivity index (χ2n) is 5.15. The first-order valence-electron chi connectivity index (χ1n) is 7.13. The number of esters is 1. The van der Waals surface area contributed by atoms with E-state index in [0.717, 1.165) is 18.2 Å². The minimum Gasteiger partial charge on any atom is -0.456 e. The quantitative estimate of drug-likeness (QED) is 0.762. The molecule has 0 bridgehead atoms. The molecule has 7 nitrogen and oxygen atoms in total. The molecule has 0 fully saturated rings. The van der Waals surface area contributed by atoms with Crippen LogP contribution in [0.25, 0.3) is 0 Å². The molecule has 26 heavy (non-hydrogen) atoms. The number of rotatable bonds is 6. The second kappa shape index (κ2) is 7.38. The average Bonchev–Trinajstić information content (AvgIpc) is 2.95. The highest BCUT2D eigenvalue weighted by molar-refractivity contribution is 7.89. The van der Waals surface area contributed by atoms with E-state index < -0.39 is 28.1 Å². The number of alkyl halides is 3. The molecule has 0 amide bonds. The number of aryl methyl sites for hydroxylation is 1. The van der Waals surface area contributed by atoms with Crippen LogP contribution in [-0.2, 0) is 28.4 Å². The number of carbonyl (C=O) groups excluding carboxylic acids is 1. The summed E-state index contributed by atoms with van der Waals surface area (Å²) in [7, 11) is -0.981. The third-order valence-electron chi connectivity index (χ3n) is 3.29. The molecule has 11 heteroatoms. The first-order valence-corrected chi connectivity index (χ1v) is 8.62. The van der Waals surface area contributed by atoms with E-state index in [2.05, 4.69) is 9.46 Å². The van der Waals surface area contributed by atoms with E-state index in [-0.39, 0.29) is 17.2 Å². The van der Waals surface area contributed by atoms with Gasteiger partial charge >= 0.3 is 12.3 Å². The predicted molar refractivity (Wildman–Crippen MR) is 83.9 cm³/mol. The van der Waals surface area contributed by atoms with Crippen LogP contribution in [0, 0.1) is 0 Å². The fraction of sp³-hybridized carbons (Fsp3) is 0.267. The van der Waals surface area contributed by atoms with Gasteiger partial charge in [0.15, 0.2) is 0 Å². The van der Waals surface area contributed by atoms with Crippen molar-refractivity contribution in [1.82, 2.24) is 9.29 Å². The lowest BCUT2D eigenvalue weighted by Gasteiger charge is -2.09. The normalized spacial score (nSPS) is 12.0. The van der Waals surface area contributed by atoms with Gasteiger partial charge in [0.2, 0.25) is 10.0 Å². The van der Waals surface area contributed by atoms with E-state index >= 15 is 0 Å². The van der Waals surface area contributed by atoms with Gasteiger partial charge in [0.25, 0.3) is 0 Å². The van der Waals surface area contributed by atoms with Crippen LogP contribution < -0.4 is 9.46 Å². The van der Waals surface area contributed by atoms with Crippen molar-refractivity contribution in [3.05, 3.63) is 47.8 Å². The third kappa shape index (κ3) is 4.99. The van der Waals surface area contributed by atoms with E-state index in [0.29, 0.717) is 5.56 Å². The average molecular weight is 392 g/mol. The van der Waals surface area contributed by atoms with Crippen LogP contribution in [-0.4, -0.2) is 32.4 Å². The first kappa shape index (κ1) is 19.8. The summed E-state index contributed by atoms with van der Waals surface area (Å²) in [5.74, 6) is -1.17. The minimum atomic E-state index is -4.79. The summed E-state index contributed by atoms with van der Waals surface area (Å²) in [6.07, 6.45) is -3.53. The van der Waals surface area contributed by atoms with Crippen molar-refractivity contribution in [3.63, 3.8) is 0 Å². The number of carbonyl (C=O) groups is 1. The highest BCUT2D eigenvalue weighted by Crippen LogP contribution is 2.23. The van der Waals surface area contributed by atoms with Crippen molar-refractivity contribution in [2.75, 3.05) is 7.05 Å². The Hall–Kier alpha value is -2.53. The van der Waals surface area contributed by atoms with Gasteiger partial charge in [-0.2, -0.15) is 0 Å². The van der Waals surface area contributed by atoms with Crippen molar-refractivity contribution in [3.8, 4) is 5.75 Å². The molecule has 0 aliphatic rings. The Morgan fingerprint density at radius 1 is 1.23 bits per heavy atom. The Kier molecular flexibility index (Phi) is 5.62. The monoisotopic (exact) mass is 392 g/mol. The van der Waals surface area contributed by atoms with E-state index in [9.17, 15) is 26.4 Å². The predicted octanol–water partition coefficient (Wildman–Crippen LogP) is 2.19. The third-order valence-corrected chi connectivity index (χ3v) is 4.68. The van der Waals surface area contributed by atoms with E-state index in [1.807, 2.05) is 0 Å². The number of hydrogen-bond acceptors (Lipinski definition) is 5. The molecule has 2 rings (SSSR count). The topological polar surface area (TPSA) is 86.6 Å². The van der Waals surface area contributed by atoms with Crippen LogP contribution in [0.1, 0.15) is 16.1 Å². The number of nitrogens with zero attached hydrogens (tertiary/aromatic N) is 1. The summed E-state index contributed by atoms with van der Waals surface area (Å²) in [6, 6.07) is 5.98. The number of aromatic nitrogens is 1. The minimum absolute atomic E-state index is 0.0100. The lowest BCUT2D eigenvalue weighted by molar-refractivity contribution is -0.274. The number of nitrogens with one attached hydrogen (secondary N) is 1. The Labute approximate surface area is 147 Å². The van der Waals surface area contributed by atoms with E-state index in [4.69, 9.17) is 4.74 Å². The molecule has 1 N–H and O–H groups in total. The highest BCUT2D eigenvalue weighted by Gasteiger charge is 2.31. The summed E-state index contributed by atoms with van der Waals surface area (Å²) in [5.41, 5.74) is 0.445. The number of sulfonamides is 1. The van der Waals surface area contributed by atoms with Gasteiger partial charge in [0.05, 0.1) is 0 Å². The van der Waals surface area contributed by atoms with Gasteiger partial charge in [0, 0.05) is 13.2 Å². The molecular weight excluding hydrogens is 377 g/mol. The standard InChI is InChI=1S/C15H15F3N2O5S/c1-19-26(22,23)12-7-13(20(2)8-12)14(21)24-9-10-3-5-11(6-4-10)25-15(16,17)18/h3-8,19H,9H2,1-2H3. The lowest BCUT2D eigenvalue weighted by Crippen LogP contribution is -2.17. The molecule has 0 unspecified atom stereocenters. The van der Waals surface area contributed by atoms with Gasteiger partial charge in [0.1, 0.15) is 22.9 Å². The van der Waals surface area contributed by atoms with E-state index in [1.54, 1.807) is 0 Å². The van der Waals surface area contributed by atoms with Gasteiger partial charge in [-0.25, -0.2) is 17.9 Å². The smallest absolute Gasteiger partial charge is 0.456 e. The molecule has 0 saturated carbocycles. The Morgan fingerprint density at radius 2 is 1.85 bits per heavy atom. The molecule has 0 atom stereocenters. The highest BCUT2D eigenvalue weighted by atomic mass is 32.2. The maximum atomic E-state index is 12.1. The number of hydrogen-bond donors (Lipinski definition) is 1. The SMILES string of the molecule is CNS(=O)(=O)c1cc(C(=O)OCc2ccc(OC(F)(F)F)cc2)n(C)c1. The summed E-state index contributed by atoms with van der Waals surface area (Å²) in [4.78, 5) is 12.0. The van der Waals surface area contributed by atoms with Gasteiger partial charge in [-0.3, -0.25) is 0 Å². The van der Waals surface area contributed by atoms with Crippen LogP contribution in [0.4, 0.5) is 13.2 Å². The van der Waals surface area contributed by atoms with Gasteiger partial charge in [-0.05, 0) is 30.8 Å². The largest absolute Gasteiger partial charge is 0.573 e. The molecule has 1 aromatic heterocycles. The van der Waals surface area contributed by atoms with E-state index in [1.165, 1.54) is 37.0 Å². The van der Waals surface area contributed by atoms with Gasteiger partial charge in [-0.1, -0.05) is 12.1 Å². The van der Waals surface area contributed by atoms with Crippen LogP contribution in [0.2, 0.25) is 0 Å². The van der Waals surface area contributed by atoms with Crippen molar-refractivity contribution >= 4 is 16.0 Å². The maximum Gasteiger partial charge on any atom is 0.573 e. The Morgan fingerprint density at radius 3 is 2.38 bits per heavy atom. The zero-order valence-corrected chi connectivity index (χ0v) is 14.5. The van der Waals surface area contributed by atoms with Crippen molar-refractivity contribution in [2.45, 2.75) is 17.9 Å². The molecular formula is C15H15F3N2O5S.